The third-order valence-electron chi connectivity index (χ3n) is 3.92. The summed E-state index contributed by atoms with van der Waals surface area (Å²) in [6.07, 6.45) is 3.96. The second-order valence-electron chi connectivity index (χ2n) is 5.19. The molecule has 0 aliphatic carbocycles. The molecule has 1 aliphatic rings. The molecule has 0 aromatic carbocycles. The lowest BCUT2D eigenvalue weighted by molar-refractivity contribution is 0.0566. The van der Waals surface area contributed by atoms with Gasteiger partial charge in [-0.25, -0.2) is 0 Å². The van der Waals surface area contributed by atoms with E-state index in [2.05, 4.69) is 35.1 Å². The predicted molar refractivity (Wildman–Crippen MR) is 80.3 cm³/mol. The van der Waals surface area contributed by atoms with Gasteiger partial charge in [-0.05, 0) is 34.8 Å². The first-order valence-electron chi connectivity index (χ1n) is 6.93. The highest BCUT2D eigenvalue weighted by molar-refractivity contribution is 9.10. The Morgan fingerprint density at radius 3 is 2.74 bits per heavy atom. The van der Waals surface area contributed by atoms with E-state index in [1.807, 2.05) is 28.8 Å². The maximum absolute atomic E-state index is 12.7. The first-order chi connectivity index (χ1) is 9.06. The third-order valence-corrected chi connectivity index (χ3v) is 4.35. The van der Waals surface area contributed by atoms with E-state index in [1.165, 1.54) is 0 Å². The van der Waals surface area contributed by atoms with Crippen molar-refractivity contribution in [2.45, 2.75) is 38.8 Å². The van der Waals surface area contributed by atoms with Gasteiger partial charge in [0.05, 0.1) is 0 Å². The van der Waals surface area contributed by atoms with Gasteiger partial charge < -0.3 is 14.8 Å². The Balaban J connectivity index is 2.21. The van der Waals surface area contributed by atoms with Gasteiger partial charge in [0.2, 0.25) is 0 Å². The Morgan fingerprint density at radius 2 is 2.21 bits per heavy atom. The summed E-state index contributed by atoms with van der Waals surface area (Å²) in [5.41, 5.74) is 0.752. The zero-order chi connectivity index (χ0) is 14.0. The van der Waals surface area contributed by atoms with Gasteiger partial charge in [-0.1, -0.05) is 13.8 Å². The molecule has 0 saturated carbocycles. The number of halogens is 1. The van der Waals surface area contributed by atoms with E-state index in [4.69, 9.17) is 0 Å². The molecule has 1 aromatic heterocycles. The Bertz CT molecular complexity index is 458. The van der Waals surface area contributed by atoms with E-state index in [0.717, 1.165) is 36.1 Å². The van der Waals surface area contributed by atoms with Gasteiger partial charge in [0.1, 0.15) is 5.69 Å². The Kier molecular flexibility index (Phi) is 4.68. The quantitative estimate of drug-likeness (QED) is 0.925. The highest BCUT2D eigenvalue weighted by Crippen LogP contribution is 2.19. The summed E-state index contributed by atoms with van der Waals surface area (Å²) < 4.78 is 2.84. The van der Waals surface area contributed by atoms with Crippen LogP contribution in [0.3, 0.4) is 0 Å². The van der Waals surface area contributed by atoms with E-state index in [9.17, 15) is 4.79 Å². The average molecular weight is 328 g/mol. The number of hydrogen-bond donors (Lipinski definition) is 1. The zero-order valence-corrected chi connectivity index (χ0v) is 13.4. The number of carbonyl (C=O) groups excluding carboxylic acids is 1. The lowest BCUT2D eigenvalue weighted by Gasteiger charge is -2.40. The average Bonchev–Trinajstić information content (AvgIpc) is 2.76. The van der Waals surface area contributed by atoms with Crippen molar-refractivity contribution in [2.24, 2.45) is 7.05 Å². The van der Waals surface area contributed by atoms with Crippen molar-refractivity contribution in [3.05, 3.63) is 22.4 Å². The van der Waals surface area contributed by atoms with Crippen LogP contribution in [0.5, 0.6) is 0 Å². The molecule has 2 unspecified atom stereocenters. The number of aryl methyl sites for hydroxylation is 1. The molecule has 1 amide bonds. The fourth-order valence-corrected chi connectivity index (χ4v) is 3.16. The topological polar surface area (TPSA) is 37.3 Å². The molecule has 19 heavy (non-hydrogen) atoms. The summed E-state index contributed by atoms with van der Waals surface area (Å²) in [7, 11) is 1.92. The van der Waals surface area contributed by atoms with E-state index in [0.29, 0.717) is 12.1 Å². The Labute approximate surface area is 123 Å². The summed E-state index contributed by atoms with van der Waals surface area (Å²) in [5, 5.41) is 3.52. The Morgan fingerprint density at radius 1 is 1.47 bits per heavy atom. The lowest BCUT2D eigenvalue weighted by Crippen LogP contribution is -2.58. The highest BCUT2D eigenvalue weighted by Gasteiger charge is 2.31. The summed E-state index contributed by atoms with van der Waals surface area (Å²) in [6.45, 7) is 5.99. The SMILES string of the molecule is CCC1CN(C(=O)c2cc(Br)cn2C)C(CC)CN1. The fraction of sp³-hybridized carbons (Fsp3) is 0.643. The maximum atomic E-state index is 12.7. The monoisotopic (exact) mass is 327 g/mol. The van der Waals surface area contributed by atoms with Crippen molar-refractivity contribution in [1.82, 2.24) is 14.8 Å². The van der Waals surface area contributed by atoms with Crippen molar-refractivity contribution in [2.75, 3.05) is 13.1 Å². The summed E-state index contributed by atoms with van der Waals surface area (Å²) in [4.78, 5) is 14.8. The van der Waals surface area contributed by atoms with Crippen LogP contribution < -0.4 is 5.32 Å². The molecule has 1 aromatic rings. The smallest absolute Gasteiger partial charge is 0.270 e. The molecule has 1 aliphatic heterocycles. The molecular weight excluding hydrogens is 306 g/mol. The molecule has 1 saturated heterocycles. The second-order valence-corrected chi connectivity index (χ2v) is 6.10. The van der Waals surface area contributed by atoms with Crippen LogP contribution in [-0.4, -0.2) is 40.5 Å². The van der Waals surface area contributed by atoms with Crippen molar-refractivity contribution in [3.8, 4) is 0 Å². The highest BCUT2D eigenvalue weighted by atomic mass is 79.9. The largest absolute Gasteiger partial charge is 0.345 e. The first kappa shape index (κ1) is 14.6. The number of hydrogen-bond acceptors (Lipinski definition) is 2. The van der Waals surface area contributed by atoms with Crippen LogP contribution in [0.25, 0.3) is 0 Å². The van der Waals surface area contributed by atoms with Crippen LogP contribution in [0, 0.1) is 0 Å². The molecule has 5 heteroatoms. The first-order valence-corrected chi connectivity index (χ1v) is 7.72. The third kappa shape index (κ3) is 3.03. The summed E-state index contributed by atoms with van der Waals surface area (Å²) in [6, 6.07) is 2.61. The van der Waals surface area contributed by atoms with Gasteiger partial charge in [0, 0.05) is 42.9 Å². The number of nitrogens with zero attached hydrogens (tertiary/aromatic N) is 2. The second kappa shape index (κ2) is 6.09. The van der Waals surface area contributed by atoms with Crippen molar-refractivity contribution in [3.63, 3.8) is 0 Å². The molecule has 0 radical (unpaired) electrons. The molecule has 4 nitrogen and oxygen atoms in total. The molecule has 2 atom stereocenters. The van der Waals surface area contributed by atoms with Crippen LogP contribution in [0.15, 0.2) is 16.7 Å². The van der Waals surface area contributed by atoms with E-state index >= 15 is 0 Å². The molecular formula is C14H22BrN3O. The Hall–Kier alpha value is -0.810. The van der Waals surface area contributed by atoms with Gasteiger partial charge >= 0.3 is 0 Å². The van der Waals surface area contributed by atoms with Gasteiger partial charge in [-0.3, -0.25) is 4.79 Å². The van der Waals surface area contributed by atoms with Crippen molar-refractivity contribution in [1.29, 1.82) is 0 Å². The predicted octanol–water partition coefficient (Wildman–Crippen LogP) is 2.39. The number of amides is 1. The number of aromatic nitrogens is 1. The van der Waals surface area contributed by atoms with Crippen LogP contribution in [0.2, 0.25) is 0 Å². The van der Waals surface area contributed by atoms with Gasteiger partial charge in [0.15, 0.2) is 0 Å². The standard InChI is InChI=1S/C14H22BrN3O/c1-4-11-9-18(12(5-2)7-16-11)14(19)13-6-10(15)8-17(13)3/h6,8,11-12,16H,4-5,7,9H2,1-3H3. The van der Waals surface area contributed by atoms with Gasteiger partial charge in [0.25, 0.3) is 5.91 Å². The summed E-state index contributed by atoms with van der Waals surface area (Å²) in [5.74, 6) is 0.139. The van der Waals surface area contributed by atoms with Crippen molar-refractivity contribution >= 4 is 21.8 Å². The fourth-order valence-electron chi connectivity index (χ4n) is 2.63. The minimum Gasteiger partial charge on any atom is -0.345 e. The maximum Gasteiger partial charge on any atom is 0.270 e. The molecule has 1 N–H and O–H groups in total. The molecule has 106 valence electrons. The van der Waals surface area contributed by atoms with Crippen molar-refractivity contribution < 1.29 is 4.79 Å². The van der Waals surface area contributed by atoms with E-state index < -0.39 is 0 Å². The van der Waals surface area contributed by atoms with Gasteiger partial charge in [-0.2, -0.15) is 0 Å². The number of nitrogens with one attached hydrogen (secondary N) is 1. The van der Waals surface area contributed by atoms with Gasteiger partial charge in [-0.15, -0.1) is 0 Å². The number of piperazine rings is 1. The molecule has 0 bridgehead atoms. The molecule has 0 spiro atoms. The van der Waals surface area contributed by atoms with E-state index in [1.54, 1.807) is 0 Å². The minimum atomic E-state index is 0.139. The molecule has 2 rings (SSSR count). The molecule has 1 fully saturated rings. The number of carbonyl (C=O) groups is 1. The normalized spacial score (nSPS) is 23.7. The minimum absolute atomic E-state index is 0.139. The lowest BCUT2D eigenvalue weighted by atomic mass is 10.0. The van der Waals surface area contributed by atoms with Crippen LogP contribution in [0.4, 0.5) is 0 Å². The van der Waals surface area contributed by atoms with Crippen LogP contribution in [-0.2, 0) is 7.05 Å². The summed E-state index contributed by atoms with van der Waals surface area (Å²) >= 11 is 3.43. The van der Waals surface area contributed by atoms with Crippen LogP contribution in [0.1, 0.15) is 37.2 Å². The molecule has 2 heterocycles. The van der Waals surface area contributed by atoms with E-state index in [-0.39, 0.29) is 5.91 Å². The van der Waals surface area contributed by atoms with Crippen LogP contribution >= 0.6 is 15.9 Å². The number of rotatable bonds is 3. The zero-order valence-electron chi connectivity index (χ0n) is 11.8.